The van der Waals surface area contributed by atoms with Gasteiger partial charge in [0.25, 0.3) is 5.60 Å². The number of aliphatic hydroxyl groups is 1. The minimum Gasteiger partial charge on any atom is -0.479 e. The lowest BCUT2D eigenvalue weighted by Crippen LogP contribution is -2.77. The summed E-state index contributed by atoms with van der Waals surface area (Å²) in [5.74, 6) is -1.30. The maximum absolute atomic E-state index is 11.7. The first-order valence-corrected chi connectivity index (χ1v) is 5.02. The molecule has 0 aromatic carbocycles. The fraction of sp³-hybridized carbons (Fsp3) is 0.800. The molecular formula is C10H18NO5+. The SMILES string of the molecule is CC(C)(C)OC(=O)[N+]1(C)CC(O)(C(=O)O)C1. The summed E-state index contributed by atoms with van der Waals surface area (Å²) < 4.78 is 4.94. The molecule has 0 bridgehead atoms. The Morgan fingerprint density at radius 1 is 1.31 bits per heavy atom. The molecule has 16 heavy (non-hydrogen) atoms. The zero-order valence-corrected chi connectivity index (χ0v) is 9.98. The number of likely N-dealkylation sites (tertiary alicyclic amines) is 1. The number of carboxylic acids is 1. The molecule has 1 aliphatic heterocycles. The van der Waals surface area contributed by atoms with Gasteiger partial charge in [-0.15, -0.1) is 0 Å². The Labute approximate surface area is 94.0 Å². The van der Waals surface area contributed by atoms with Crippen LogP contribution in [-0.4, -0.2) is 58.1 Å². The van der Waals surface area contributed by atoms with Crippen molar-refractivity contribution in [1.82, 2.24) is 0 Å². The van der Waals surface area contributed by atoms with E-state index < -0.39 is 23.3 Å². The summed E-state index contributed by atoms with van der Waals surface area (Å²) >= 11 is 0. The summed E-state index contributed by atoms with van der Waals surface area (Å²) in [7, 11) is 1.55. The summed E-state index contributed by atoms with van der Waals surface area (Å²) in [6.07, 6.45) is -0.515. The van der Waals surface area contributed by atoms with Crippen molar-refractivity contribution in [3.8, 4) is 0 Å². The quantitative estimate of drug-likeness (QED) is 0.631. The van der Waals surface area contributed by atoms with E-state index in [-0.39, 0.29) is 17.6 Å². The van der Waals surface area contributed by atoms with E-state index in [2.05, 4.69) is 0 Å². The summed E-state index contributed by atoms with van der Waals surface area (Å²) in [6, 6.07) is 0. The van der Waals surface area contributed by atoms with Crippen molar-refractivity contribution in [2.24, 2.45) is 0 Å². The summed E-state index contributed by atoms with van der Waals surface area (Å²) in [6.45, 7) is 4.90. The molecule has 0 unspecified atom stereocenters. The van der Waals surface area contributed by atoms with Crippen LogP contribution in [-0.2, 0) is 9.53 Å². The molecule has 0 atom stereocenters. The third kappa shape index (κ3) is 2.33. The number of carboxylic acid groups (broad SMARTS) is 1. The molecule has 1 heterocycles. The lowest BCUT2D eigenvalue weighted by Gasteiger charge is -2.47. The highest BCUT2D eigenvalue weighted by molar-refractivity contribution is 5.79. The number of amides is 1. The van der Waals surface area contributed by atoms with Crippen LogP contribution in [0.15, 0.2) is 0 Å². The molecule has 1 amide bonds. The van der Waals surface area contributed by atoms with Gasteiger partial charge in [0.2, 0.25) is 0 Å². The molecule has 6 nitrogen and oxygen atoms in total. The molecule has 0 aromatic rings. The van der Waals surface area contributed by atoms with Crippen molar-refractivity contribution in [1.29, 1.82) is 0 Å². The van der Waals surface area contributed by atoms with Crippen molar-refractivity contribution in [2.75, 3.05) is 20.1 Å². The third-order valence-electron chi connectivity index (χ3n) is 2.45. The molecule has 6 heteroatoms. The molecule has 1 saturated heterocycles. The number of quaternary nitrogens is 1. The third-order valence-corrected chi connectivity index (χ3v) is 2.45. The number of carbonyl (C=O) groups is 2. The number of ether oxygens (including phenoxy) is 1. The van der Waals surface area contributed by atoms with Crippen LogP contribution in [0.5, 0.6) is 0 Å². The van der Waals surface area contributed by atoms with Crippen LogP contribution in [0.3, 0.4) is 0 Å². The van der Waals surface area contributed by atoms with E-state index in [0.29, 0.717) is 0 Å². The first kappa shape index (κ1) is 12.9. The number of likely N-dealkylation sites (N-methyl/N-ethyl adjacent to an activating group) is 1. The van der Waals surface area contributed by atoms with Crippen molar-refractivity contribution >= 4 is 12.1 Å². The lowest BCUT2D eigenvalue weighted by molar-refractivity contribution is -0.896. The van der Waals surface area contributed by atoms with E-state index in [1.165, 1.54) is 0 Å². The smallest absolute Gasteiger partial charge is 0.479 e. The van der Waals surface area contributed by atoms with Crippen molar-refractivity contribution in [3.63, 3.8) is 0 Å². The van der Waals surface area contributed by atoms with E-state index in [1.54, 1.807) is 27.8 Å². The molecule has 0 aromatic heterocycles. The summed E-state index contributed by atoms with van der Waals surface area (Å²) in [5.41, 5.74) is -2.42. The molecule has 2 N–H and O–H groups in total. The highest BCUT2D eigenvalue weighted by Crippen LogP contribution is 2.30. The predicted octanol–water partition coefficient (Wildman–Crippen LogP) is 0.197. The first-order valence-electron chi connectivity index (χ1n) is 5.02. The van der Waals surface area contributed by atoms with Gasteiger partial charge in [0.15, 0.2) is 0 Å². The van der Waals surface area contributed by atoms with Crippen LogP contribution in [0.4, 0.5) is 4.79 Å². The Morgan fingerprint density at radius 2 is 1.75 bits per heavy atom. The van der Waals surface area contributed by atoms with Gasteiger partial charge in [-0.05, 0) is 20.8 Å². The fourth-order valence-corrected chi connectivity index (χ4v) is 1.74. The van der Waals surface area contributed by atoms with Crippen LogP contribution >= 0.6 is 0 Å². The Bertz CT molecular complexity index is 325. The second-order valence-corrected chi connectivity index (χ2v) is 5.53. The van der Waals surface area contributed by atoms with Crippen molar-refractivity contribution in [2.45, 2.75) is 32.0 Å². The lowest BCUT2D eigenvalue weighted by atomic mass is 9.92. The molecule has 92 valence electrons. The maximum Gasteiger partial charge on any atom is 0.516 e. The van der Waals surface area contributed by atoms with Gasteiger partial charge in [-0.2, -0.15) is 4.79 Å². The number of aliphatic carboxylic acids is 1. The van der Waals surface area contributed by atoms with Crippen LogP contribution < -0.4 is 0 Å². The van der Waals surface area contributed by atoms with E-state index in [1.807, 2.05) is 0 Å². The topological polar surface area (TPSA) is 83.8 Å². The summed E-state index contributed by atoms with van der Waals surface area (Å²) in [5, 5.41) is 18.3. The van der Waals surface area contributed by atoms with E-state index in [0.717, 1.165) is 0 Å². The number of nitrogens with zero attached hydrogens (tertiary/aromatic N) is 1. The number of hydrogen-bond donors (Lipinski definition) is 2. The Hall–Kier alpha value is -1.14. The Kier molecular flexibility index (Phi) is 2.77. The molecule has 1 fully saturated rings. The van der Waals surface area contributed by atoms with Gasteiger partial charge in [0.1, 0.15) is 18.7 Å². The minimum absolute atomic E-state index is 0.156. The van der Waals surface area contributed by atoms with E-state index >= 15 is 0 Å². The predicted molar refractivity (Wildman–Crippen MR) is 54.7 cm³/mol. The standard InChI is InChI=1S/C10H17NO5/c1-9(2,3)16-8(14)11(4)5-10(15,6-11)7(12)13/h15H,5-6H2,1-4H3/p+1. The summed E-state index contributed by atoms with van der Waals surface area (Å²) in [4.78, 5) is 22.4. The average molecular weight is 232 g/mol. The van der Waals surface area contributed by atoms with E-state index in [9.17, 15) is 14.7 Å². The van der Waals surface area contributed by atoms with Crippen LogP contribution in [0.1, 0.15) is 20.8 Å². The van der Waals surface area contributed by atoms with Gasteiger partial charge in [-0.3, -0.25) is 0 Å². The molecule has 1 rings (SSSR count). The number of rotatable bonds is 1. The highest BCUT2D eigenvalue weighted by Gasteiger charge is 2.63. The van der Waals surface area contributed by atoms with E-state index in [4.69, 9.17) is 9.84 Å². The van der Waals surface area contributed by atoms with Gasteiger partial charge in [0.05, 0.1) is 7.05 Å². The van der Waals surface area contributed by atoms with Crippen LogP contribution in [0.25, 0.3) is 0 Å². The average Bonchev–Trinajstić information content (AvgIpc) is 1.97. The molecule has 1 aliphatic rings. The van der Waals surface area contributed by atoms with Gasteiger partial charge >= 0.3 is 12.1 Å². The normalized spacial score (nSPS) is 34.1. The zero-order valence-electron chi connectivity index (χ0n) is 9.98. The zero-order chi connectivity index (χ0) is 12.8. The minimum atomic E-state index is -1.80. The van der Waals surface area contributed by atoms with Crippen molar-refractivity contribution in [3.05, 3.63) is 0 Å². The second-order valence-electron chi connectivity index (χ2n) is 5.53. The number of carbonyl (C=O) groups excluding carboxylic acids is 1. The van der Waals surface area contributed by atoms with Gasteiger partial charge < -0.3 is 14.9 Å². The molecule has 0 saturated carbocycles. The fourth-order valence-electron chi connectivity index (χ4n) is 1.74. The van der Waals surface area contributed by atoms with Gasteiger partial charge in [0, 0.05) is 0 Å². The van der Waals surface area contributed by atoms with Gasteiger partial charge in [-0.1, -0.05) is 0 Å². The maximum atomic E-state index is 11.7. The van der Waals surface area contributed by atoms with Gasteiger partial charge in [-0.25, -0.2) is 9.28 Å². The van der Waals surface area contributed by atoms with Crippen molar-refractivity contribution < 1.29 is 29.0 Å². The second kappa shape index (κ2) is 3.43. The molecule has 0 aliphatic carbocycles. The Balaban J connectivity index is 2.65. The Morgan fingerprint density at radius 3 is 2.06 bits per heavy atom. The molecular weight excluding hydrogens is 214 g/mol. The number of hydrogen-bond acceptors (Lipinski definition) is 4. The monoisotopic (exact) mass is 232 g/mol. The first-order chi connectivity index (χ1) is 6.99. The van der Waals surface area contributed by atoms with Crippen LogP contribution in [0.2, 0.25) is 0 Å². The highest BCUT2D eigenvalue weighted by atomic mass is 16.6. The largest absolute Gasteiger partial charge is 0.516 e. The van der Waals surface area contributed by atoms with Crippen LogP contribution in [0, 0.1) is 0 Å². The molecule has 0 spiro atoms. The molecule has 0 radical (unpaired) electrons.